The van der Waals surface area contributed by atoms with E-state index >= 15 is 0 Å². The van der Waals surface area contributed by atoms with Gasteiger partial charge >= 0.3 is 0 Å². The van der Waals surface area contributed by atoms with Crippen LogP contribution in [0.4, 0.5) is 0 Å². The number of hydrogen-bond acceptors (Lipinski definition) is 6. The molecule has 0 aliphatic carbocycles. The van der Waals surface area contributed by atoms with Gasteiger partial charge in [0.25, 0.3) is 0 Å². The maximum Gasteiger partial charge on any atom is 0.119 e. The van der Waals surface area contributed by atoms with Gasteiger partial charge < -0.3 is 14.8 Å². The van der Waals surface area contributed by atoms with E-state index in [1.165, 1.54) is 10.4 Å². The third-order valence-electron chi connectivity index (χ3n) is 4.72. The molecule has 1 N–H and O–H groups in total. The number of thiazole rings is 1. The second-order valence-corrected chi connectivity index (χ2v) is 8.09. The van der Waals surface area contributed by atoms with Gasteiger partial charge in [0.1, 0.15) is 12.4 Å². The molecular formula is C20H29N3O2S. The molecule has 1 aliphatic rings. The number of benzene rings is 1. The fourth-order valence-corrected chi connectivity index (χ4v) is 3.94. The highest BCUT2D eigenvalue weighted by atomic mass is 32.1. The lowest BCUT2D eigenvalue weighted by Gasteiger charge is -2.31. The van der Waals surface area contributed by atoms with Gasteiger partial charge in [0.05, 0.1) is 5.01 Å². The van der Waals surface area contributed by atoms with E-state index in [4.69, 9.17) is 9.47 Å². The Morgan fingerprint density at radius 2 is 2.15 bits per heavy atom. The van der Waals surface area contributed by atoms with Crippen molar-refractivity contribution in [3.05, 3.63) is 45.9 Å². The van der Waals surface area contributed by atoms with Gasteiger partial charge in [0.15, 0.2) is 0 Å². The van der Waals surface area contributed by atoms with Gasteiger partial charge in [-0.05, 0) is 44.5 Å². The number of nitrogens with zero attached hydrogens (tertiary/aromatic N) is 2. The Bertz CT molecular complexity index is 671. The van der Waals surface area contributed by atoms with Crippen LogP contribution in [0, 0.1) is 6.92 Å². The quantitative estimate of drug-likeness (QED) is 0.729. The summed E-state index contributed by atoms with van der Waals surface area (Å²) in [7, 11) is 2.18. The number of aryl methyl sites for hydroxylation is 1. The summed E-state index contributed by atoms with van der Waals surface area (Å²) >= 11 is 1.74. The molecule has 0 bridgehead atoms. The smallest absolute Gasteiger partial charge is 0.119 e. The predicted octanol–water partition coefficient (Wildman–Crippen LogP) is 3.23. The van der Waals surface area contributed by atoms with E-state index in [9.17, 15) is 0 Å². The molecule has 1 aromatic carbocycles. The standard InChI is InChI=1S/C20H29N3O2S/c1-16-22-15-20(26-16)14-21-13-17-4-3-5-19(12-17)25-11-8-23(2)18-6-9-24-10-7-18/h3-5,12,15,18,21H,6-11,13-14H2,1-2H3. The summed E-state index contributed by atoms with van der Waals surface area (Å²) in [5.74, 6) is 0.943. The van der Waals surface area contributed by atoms with Crippen LogP contribution < -0.4 is 10.1 Å². The van der Waals surface area contributed by atoms with Crippen LogP contribution in [-0.2, 0) is 17.8 Å². The van der Waals surface area contributed by atoms with Gasteiger partial charge in [-0.3, -0.25) is 4.90 Å². The van der Waals surface area contributed by atoms with Crippen molar-refractivity contribution in [3.8, 4) is 5.75 Å². The summed E-state index contributed by atoms with van der Waals surface area (Å²) in [6, 6.07) is 8.97. The van der Waals surface area contributed by atoms with Crippen molar-refractivity contribution in [1.29, 1.82) is 0 Å². The highest BCUT2D eigenvalue weighted by Gasteiger charge is 2.17. The number of nitrogens with one attached hydrogen (secondary N) is 1. The Balaban J connectivity index is 1.39. The lowest BCUT2D eigenvalue weighted by molar-refractivity contribution is 0.0392. The molecule has 1 aromatic heterocycles. The van der Waals surface area contributed by atoms with Crippen LogP contribution >= 0.6 is 11.3 Å². The van der Waals surface area contributed by atoms with E-state index < -0.39 is 0 Å². The zero-order chi connectivity index (χ0) is 18.2. The molecule has 2 heterocycles. The van der Waals surface area contributed by atoms with E-state index in [1.807, 2.05) is 19.2 Å². The molecule has 2 aromatic rings. The SMILES string of the molecule is Cc1ncc(CNCc2cccc(OCCN(C)C3CCOCC3)c2)s1. The number of hydrogen-bond donors (Lipinski definition) is 1. The molecular weight excluding hydrogens is 346 g/mol. The zero-order valence-electron chi connectivity index (χ0n) is 15.7. The first kappa shape index (κ1) is 19.3. The van der Waals surface area contributed by atoms with Crippen molar-refractivity contribution >= 4 is 11.3 Å². The van der Waals surface area contributed by atoms with Crippen molar-refractivity contribution in [2.75, 3.05) is 33.4 Å². The molecule has 0 saturated carbocycles. The summed E-state index contributed by atoms with van der Waals surface area (Å²) in [6.07, 6.45) is 4.19. The molecule has 26 heavy (non-hydrogen) atoms. The van der Waals surface area contributed by atoms with Crippen molar-refractivity contribution in [2.24, 2.45) is 0 Å². The normalized spacial score (nSPS) is 15.5. The van der Waals surface area contributed by atoms with Gasteiger partial charge in [0.2, 0.25) is 0 Å². The molecule has 0 amide bonds. The molecule has 5 nitrogen and oxygen atoms in total. The fourth-order valence-electron chi connectivity index (χ4n) is 3.18. The average molecular weight is 376 g/mol. The van der Waals surface area contributed by atoms with Gasteiger partial charge in [-0.1, -0.05) is 12.1 Å². The van der Waals surface area contributed by atoms with E-state index in [0.717, 1.165) is 56.4 Å². The molecule has 1 aliphatic heterocycles. The molecule has 6 heteroatoms. The van der Waals surface area contributed by atoms with Crippen LogP contribution in [0.3, 0.4) is 0 Å². The Hall–Kier alpha value is -1.47. The van der Waals surface area contributed by atoms with Gasteiger partial charge in [-0.2, -0.15) is 0 Å². The molecule has 0 radical (unpaired) electrons. The lowest BCUT2D eigenvalue weighted by atomic mass is 10.1. The Kier molecular flexibility index (Phi) is 7.43. The van der Waals surface area contributed by atoms with Crippen molar-refractivity contribution < 1.29 is 9.47 Å². The maximum atomic E-state index is 5.97. The third-order valence-corrected chi connectivity index (χ3v) is 5.64. The Morgan fingerprint density at radius 3 is 2.92 bits per heavy atom. The first-order valence-corrected chi connectivity index (χ1v) is 10.1. The summed E-state index contributed by atoms with van der Waals surface area (Å²) in [4.78, 5) is 7.95. The highest BCUT2D eigenvalue weighted by Crippen LogP contribution is 2.16. The van der Waals surface area contributed by atoms with Crippen LogP contribution in [-0.4, -0.2) is 49.3 Å². The minimum atomic E-state index is 0.623. The van der Waals surface area contributed by atoms with Crippen LogP contribution in [0.5, 0.6) is 5.75 Å². The largest absolute Gasteiger partial charge is 0.492 e. The first-order valence-electron chi connectivity index (χ1n) is 9.32. The van der Waals surface area contributed by atoms with Crippen LogP contribution in [0.1, 0.15) is 28.3 Å². The van der Waals surface area contributed by atoms with Crippen LogP contribution in [0.25, 0.3) is 0 Å². The number of rotatable bonds is 9. The highest BCUT2D eigenvalue weighted by molar-refractivity contribution is 7.11. The topological polar surface area (TPSA) is 46.6 Å². The van der Waals surface area contributed by atoms with E-state index in [2.05, 4.69) is 40.4 Å². The van der Waals surface area contributed by atoms with E-state index in [0.29, 0.717) is 12.6 Å². The first-order chi connectivity index (χ1) is 12.7. The van der Waals surface area contributed by atoms with Crippen molar-refractivity contribution in [1.82, 2.24) is 15.2 Å². The van der Waals surface area contributed by atoms with Crippen LogP contribution in [0.15, 0.2) is 30.5 Å². The number of likely N-dealkylation sites (N-methyl/N-ethyl adjacent to an activating group) is 1. The molecule has 3 rings (SSSR count). The summed E-state index contributed by atoms with van der Waals surface area (Å²) in [5, 5.41) is 4.58. The molecule has 142 valence electrons. The Morgan fingerprint density at radius 1 is 1.31 bits per heavy atom. The monoisotopic (exact) mass is 375 g/mol. The van der Waals surface area contributed by atoms with Crippen LogP contribution in [0.2, 0.25) is 0 Å². The average Bonchev–Trinajstić information content (AvgIpc) is 3.08. The summed E-state index contributed by atoms with van der Waals surface area (Å²) in [5.41, 5.74) is 1.24. The fraction of sp³-hybridized carbons (Fsp3) is 0.550. The van der Waals surface area contributed by atoms with Gasteiger partial charge in [-0.15, -0.1) is 11.3 Å². The maximum absolute atomic E-state index is 5.97. The summed E-state index contributed by atoms with van der Waals surface area (Å²) < 4.78 is 11.4. The van der Waals surface area contributed by atoms with Gasteiger partial charge in [-0.25, -0.2) is 4.98 Å². The molecule has 0 atom stereocenters. The second kappa shape index (κ2) is 10.0. The Labute approximate surface area is 160 Å². The third kappa shape index (κ3) is 6.06. The van der Waals surface area contributed by atoms with Gasteiger partial charge in [0, 0.05) is 50.0 Å². The van der Waals surface area contributed by atoms with Crippen molar-refractivity contribution in [3.63, 3.8) is 0 Å². The molecule has 1 fully saturated rings. The minimum Gasteiger partial charge on any atom is -0.492 e. The predicted molar refractivity (Wildman–Crippen MR) is 106 cm³/mol. The number of aromatic nitrogens is 1. The second-order valence-electron chi connectivity index (χ2n) is 6.77. The molecule has 0 unspecified atom stereocenters. The van der Waals surface area contributed by atoms with E-state index in [-0.39, 0.29) is 0 Å². The minimum absolute atomic E-state index is 0.623. The lowest BCUT2D eigenvalue weighted by Crippen LogP contribution is -2.38. The van der Waals surface area contributed by atoms with Crippen molar-refractivity contribution in [2.45, 2.75) is 38.9 Å². The number of ether oxygens (including phenoxy) is 2. The van der Waals surface area contributed by atoms with E-state index in [1.54, 1.807) is 11.3 Å². The summed E-state index contributed by atoms with van der Waals surface area (Å²) in [6.45, 7) is 7.14. The molecule has 0 spiro atoms. The zero-order valence-corrected chi connectivity index (χ0v) is 16.6. The molecule has 1 saturated heterocycles.